The number of hydrogen-bond donors (Lipinski definition) is 0. The molecule has 0 aliphatic carbocycles. The Balaban J connectivity index is 2.03. The summed E-state index contributed by atoms with van der Waals surface area (Å²) in [5.41, 5.74) is -0.0563. The van der Waals surface area contributed by atoms with Crippen LogP contribution in [0, 0.1) is 11.6 Å². The molecule has 2 rings (SSSR count). The lowest BCUT2D eigenvalue weighted by Crippen LogP contribution is -2.35. The number of Topliss-reactive ketones (excluding diaryl/α,β-unsaturated/α-hetero) is 1. The summed E-state index contributed by atoms with van der Waals surface area (Å²) in [6.45, 7) is 4.15. The fourth-order valence-corrected chi connectivity index (χ4v) is 2.23. The Bertz CT molecular complexity index is 465. The lowest BCUT2D eigenvalue weighted by atomic mass is 10.1. The van der Waals surface area contributed by atoms with Crippen LogP contribution in [0.15, 0.2) is 18.2 Å². The Morgan fingerprint density at radius 1 is 1.47 bits per heavy atom. The molecule has 1 unspecified atom stereocenters. The van der Waals surface area contributed by atoms with Crippen molar-refractivity contribution in [2.45, 2.75) is 19.4 Å². The van der Waals surface area contributed by atoms with Crippen LogP contribution >= 0.6 is 0 Å². The van der Waals surface area contributed by atoms with E-state index in [4.69, 9.17) is 4.74 Å². The van der Waals surface area contributed by atoms with Crippen LogP contribution in [0.5, 0.6) is 0 Å². The van der Waals surface area contributed by atoms with Crippen molar-refractivity contribution in [3.05, 3.63) is 35.4 Å². The van der Waals surface area contributed by atoms with E-state index in [1.54, 1.807) is 0 Å². The summed E-state index contributed by atoms with van der Waals surface area (Å²) >= 11 is 0. The molecule has 0 N–H and O–H groups in total. The largest absolute Gasteiger partial charge is 0.377 e. The second-order valence-electron chi connectivity index (χ2n) is 4.82. The van der Waals surface area contributed by atoms with E-state index in [1.807, 2.05) is 11.8 Å². The maximum Gasteiger partial charge on any atom is 0.179 e. The quantitative estimate of drug-likeness (QED) is 0.788. The summed E-state index contributed by atoms with van der Waals surface area (Å²) in [4.78, 5) is 14.0. The van der Waals surface area contributed by atoms with E-state index in [9.17, 15) is 13.6 Å². The van der Waals surface area contributed by atoms with E-state index < -0.39 is 11.6 Å². The molecule has 1 saturated heterocycles. The third-order valence-corrected chi connectivity index (χ3v) is 3.14. The molecule has 0 spiro atoms. The maximum absolute atomic E-state index is 13.5. The highest BCUT2D eigenvalue weighted by atomic mass is 19.1. The van der Waals surface area contributed by atoms with Crippen LogP contribution in [0.25, 0.3) is 0 Å². The number of ketones is 1. The molecule has 0 bridgehead atoms. The van der Waals surface area contributed by atoms with Gasteiger partial charge in [0, 0.05) is 25.8 Å². The molecule has 1 aliphatic heterocycles. The van der Waals surface area contributed by atoms with Crippen LogP contribution in [-0.4, -0.2) is 43.0 Å². The van der Waals surface area contributed by atoms with Gasteiger partial charge in [0.2, 0.25) is 0 Å². The summed E-state index contributed by atoms with van der Waals surface area (Å²) < 4.78 is 31.8. The minimum atomic E-state index is -0.802. The van der Waals surface area contributed by atoms with Crippen molar-refractivity contribution in [2.75, 3.05) is 26.2 Å². The molecule has 19 heavy (non-hydrogen) atoms. The van der Waals surface area contributed by atoms with Crippen molar-refractivity contribution >= 4 is 5.78 Å². The normalized spacial score (nSPS) is 21.1. The summed E-state index contributed by atoms with van der Waals surface area (Å²) in [6.07, 6.45) is 0.914. The van der Waals surface area contributed by atoms with Crippen molar-refractivity contribution in [1.29, 1.82) is 0 Å². The fraction of sp³-hybridized carbons (Fsp3) is 0.500. The van der Waals surface area contributed by atoms with Crippen LogP contribution in [0.2, 0.25) is 0 Å². The number of hydrogen-bond acceptors (Lipinski definition) is 3. The third-order valence-electron chi connectivity index (χ3n) is 3.14. The average molecular weight is 269 g/mol. The van der Waals surface area contributed by atoms with Crippen molar-refractivity contribution in [3.8, 4) is 0 Å². The molecule has 0 aromatic heterocycles. The van der Waals surface area contributed by atoms with Crippen LogP contribution < -0.4 is 0 Å². The first kappa shape index (κ1) is 14.1. The smallest absolute Gasteiger partial charge is 0.179 e. The fourth-order valence-electron chi connectivity index (χ4n) is 2.23. The Labute approximate surface area is 111 Å². The van der Waals surface area contributed by atoms with Crippen LogP contribution in [0.1, 0.15) is 23.7 Å². The lowest BCUT2D eigenvalue weighted by molar-refractivity contribution is 0.0656. The number of ether oxygens (including phenoxy) is 1. The van der Waals surface area contributed by atoms with Crippen molar-refractivity contribution in [1.82, 2.24) is 4.90 Å². The standard InChI is InChI=1S/C14H17F2NO2/c1-10-8-17(5-2-6-19-10)9-14(18)12-4-3-11(15)7-13(12)16/h3-4,7,10H,2,5-6,8-9H2,1H3. The second kappa shape index (κ2) is 6.21. The van der Waals surface area contributed by atoms with Gasteiger partial charge in [0.25, 0.3) is 0 Å². The van der Waals surface area contributed by atoms with Gasteiger partial charge in [-0.3, -0.25) is 9.69 Å². The first-order valence-electron chi connectivity index (χ1n) is 6.38. The number of carbonyl (C=O) groups is 1. The second-order valence-corrected chi connectivity index (χ2v) is 4.82. The number of rotatable bonds is 3. The summed E-state index contributed by atoms with van der Waals surface area (Å²) in [5, 5.41) is 0. The van der Waals surface area contributed by atoms with Gasteiger partial charge in [-0.2, -0.15) is 0 Å². The highest BCUT2D eigenvalue weighted by Crippen LogP contribution is 2.12. The molecule has 1 fully saturated rings. The zero-order valence-corrected chi connectivity index (χ0v) is 10.9. The summed E-state index contributed by atoms with van der Waals surface area (Å²) in [7, 11) is 0. The van der Waals surface area contributed by atoms with Gasteiger partial charge in [-0.25, -0.2) is 8.78 Å². The van der Waals surface area contributed by atoms with E-state index in [1.165, 1.54) is 6.07 Å². The molecule has 1 aliphatic rings. The third kappa shape index (κ3) is 3.81. The lowest BCUT2D eigenvalue weighted by Gasteiger charge is -2.20. The molecule has 0 saturated carbocycles. The van der Waals surface area contributed by atoms with Gasteiger partial charge in [-0.15, -0.1) is 0 Å². The van der Waals surface area contributed by atoms with Crippen molar-refractivity contribution < 1.29 is 18.3 Å². The SMILES string of the molecule is CC1CN(CC(=O)c2ccc(F)cc2F)CCCO1. The molecule has 0 amide bonds. The van der Waals surface area contributed by atoms with Crippen LogP contribution in [0.3, 0.4) is 0 Å². The van der Waals surface area contributed by atoms with Gasteiger partial charge in [-0.05, 0) is 25.5 Å². The molecule has 3 nitrogen and oxygen atoms in total. The minimum absolute atomic E-state index is 0.0563. The van der Waals surface area contributed by atoms with E-state index in [0.717, 1.165) is 25.1 Å². The van der Waals surface area contributed by atoms with Crippen LogP contribution in [0.4, 0.5) is 8.78 Å². The molecule has 1 aromatic rings. The van der Waals surface area contributed by atoms with E-state index in [0.29, 0.717) is 13.2 Å². The minimum Gasteiger partial charge on any atom is -0.377 e. The molecular formula is C14H17F2NO2. The molecule has 5 heteroatoms. The summed E-state index contributed by atoms with van der Waals surface area (Å²) in [6, 6.07) is 3.04. The first-order valence-corrected chi connectivity index (χ1v) is 6.38. The first-order chi connectivity index (χ1) is 9.06. The number of benzene rings is 1. The van der Waals surface area contributed by atoms with Gasteiger partial charge in [0.05, 0.1) is 18.2 Å². The monoisotopic (exact) mass is 269 g/mol. The van der Waals surface area contributed by atoms with Crippen molar-refractivity contribution in [3.63, 3.8) is 0 Å². The van der Waals surface area contributed by atoms with Crippen molar-refractivity contribution in [2.24, 2.45) is 0 Å². The van der Waals surface area contributed by atoms with Gasteiger partial charge < -0.3 is 4.74 Å². The highest BCUT2D eigenvalue weighted by Gasteiger charge is 2.20. The van der Waals surface area contributed by atoms with E-state index in [-0.39, 0.29) is 24.0 Å². The van der Waals surface area contributed by atoms with Gasteiger partial charge in [-0.1, -0.05) is 0 Å². The van der Waals surface area contributed by atoms with E-state index in [2.05, 4.69) is 0 Å². The van der Waals surface area contributed by atoms with Gasteiger partial charge in [0.15, 0.2) is 5.78 Å². The zero-order chi connectivity index (χ0) is 13.8. The Hall–Kier alpha value is -1.33. The molecule has 1 heterocycles. The highest BCUT2D eigenvalue weighted by molar-refractivity contribution is 5.97. The van der Waals surface area contributed by atoms with Gasteiger partial charge in [0.1, 0.15) is 11.6 Å². The number of carbonyl (C=O) groups excluding carboxylic acids is 1. The number of halogens is 2. The zero-order valence-electron chi connectivity index (χ0n) is 10.9. The van der Waals surface area contributed by atoms with Crippen LogP contribution in [-0.2, 0) is 4.74 Å². The molecule has 104 valence electrons. The molecule has 1 aromatic carbocycles. The van der Waals surface area contributed by atoms with E-state index >= 15 is 0 Å². The Kier molecular flexibility index (Phi) is 4.61. The predicted octanol–water partition coefficient (Wildman–Crippen LogP) is 2.26. The maximum atomic E-state index is 13.5. The van der Waals surface area contributed by atoms with Gasteiger partial charge >= 0.3 is 0 Å². The Morgan fingerprint density at radius 3 is 3.00 bits per heavy atom. The topological polar surface area (TPSA) is 29.5 Å². The molecular weight excluding hydrogens is 252 g/mol. The number of nitrogens with zero attached hydrogens (tertiary/aromatic N) is 1. The Morgan fingerprint density at radius 2 is 2.26 bits per heavy atom. The predicted molar refractivity (Wildman–Crippen MR) is 67.2 cm³/mol. The molecule has 0 radical (unpaired) electrons. The summed E-state index contributed by atoms with van der Waals surface area (Å²) in [5.74, 6) is -1.80. The molecule has 1 atom stereocenters. The average Bonchev–Trinajstić information content (AvgIpc) is 2.53.